The van der Waals surface area contributed by atoms with Crippen molar-refractivity contribution in [3.63, 3.8) is 0 Å². The van der Waals surface area contributed by atoms with Crippen LogP contribution in [0.3, 0.4) is 0 Å². The number of hydrogen-bond acceptors (Lipinski definition) is 2. The lowest BCUT2D eigenvalue weighted by molar-refractivity contribution is 0.590. The van der Waals surface area contributed by atoms with Crippen molar-refractivity contribution in [1.82, 2.24) is 4.57 Å². The van der Waals surface area contributed by atoms with Gasteiger partial charge in [0.2, 0.25) is 0 Å². The largest absolute Gasteiger partial charge is 0.310 e. The molecule has 0 aliphatic carbocycles. The van der Waals surface area contributed by atoms with Crippen LogP contribution in [0.1, 0.15) is 26.3 Å². The first-order valence-corrected chi connectivity index (χ1v) is 34.2. The van der Waals surface area contributed by atoms with Crippen LogP contribution >= 0.6 is 0 Å². The second-order valence-electron chi connectivity index (χ2n) is 27.1. The number of hydrogen-bond donors (Lipinski definition) is 0. The van der Waals surface area contributed by atoms with Gasteiger partial charge < -0.3 is 14.4 Å². The molecule has 0 N–H and O–H groups in total. The number of aromatic nitrogens is 1. The summed E-state index contributed by atoms with van der Waals surface area (Å²) in [4.78, 5) is 5.37. The topological polar surface area (TPSA) is 11.4 Å². The molecular weight excluding hydrogens is 1180 g/mol. The molecule has 16 aromatic rings. The highest BCUT2D eigenvalue weighted by Gasteiger charge is 2.46. The fraction of sp³-hybridized carbons (Fsp3) is 0.0426. The van der Waals surface area contributed by atoms with E-state index in [0.717, 1.165) is 123 Å². The van der Waals surface area contributed by atoms with Gasteiger partial charge in [0.25, 0.3) is 6.71 Å². The summed E-state index contributed by atoms with van der Waals surface area (Å²) in [5, 5.41) is 2.45. The number of rotatable bonds is 11. The molecule has 0 radical (unpaired) electrons. The smallest absolute Gasteiger partial charge is 0.252 e. The van der Waals surface area contributed by atoms with Gasteiger partial charge in [0.05, 0.1) is 22.4 Å². The van der Waals surface area contributed by atoms with E-state index in [1.807, 2.05) is 0 Å². The second-order valence-corrected chi connectivity index (χ2v) is 27.1. The van der Waals surface area contributed by atoms with Gasteiger partial charge >= 0.3 is 0 Å². The van der Waals surface area contributed by atoms with Crippen LogP contribution in [0, 0.1) is 0 Å². The third kappa shape index (κ3) is 9.98. The Morgan fingerprint density at radius 3 is 0.959 bits per heavy atom. The Balaban J connectivity index is 1.04. The summed E-state index contributed by atoms with van der Waals surface area (Å²) in [5.41, 5.74) is 33.3. The molecule has 2 aliphatic rings. The Kier molecular flexibility index (Phi) is 14.2. The molecule has 4 heteroatoms. The molecule has 1 aromatic heterocycles. The maximum Gasteiger partial charge on any atom is 0.252 e. The molecule has 0 atom stereocenters. The van der Waals surface area contributed by atoms with Crippen molar-refractivity contribution >= 4 is 79.0 Å². The van der Waals surface area contributed by atoms with Crippen LogP contribution in [0.4, 0.5) is 34.1 Å². The van der Waals surface area contributed by atoms with E-state index in [2.05, 4.69) is 393 Å². The first kappa shape index (κ1) is 58.4. The molecule has 0 bridgehead atoms. The van der Waals surface area contributed by atoms with Gasteiger partial charge in [0.1, 0.15) is 0 Å². The molecule has 462 valence electrons. The molecule has 98 heavy (non-hydrogen) atoms. The Labute approximate surface area is 574 Å². The van der Waals surface area contributed by atoms with Crippen molar-refractivity contribution in [3.8, 4) is 94.7 Å². The van der Waals surface area contributed by atoms with E-state index in [4.69, 9.17) is 0 Å². The van der Waals surface area contributed by atoms with Crippen molar-refractivity contribution in [2.75, 3.05) is 9.80 Å². The van der Waals surface area contributed by atoms with Crippen LogP contribution in [-0.2, 0) is 5.41 Å². The van der Waals surface area contributed by atoms with Crippen molar-refractivity contribution in [2.45, 2.75) is 26.2 Å². The van der Waals surface area contributed by atoms with E-state index in [-0.39, 0.29) is 12.1 Å². The van der Waals surface area contributed by atoms with E-state index in [9.17, 15) is 0 Å². The molecule has 18 rings (SSSR count). The summed E-state index contributed by atoms with van der Waals surface area (Å²) in [5.74, 6) is 0. The van der Waals surface area contributed by atoms with E-state index >= 15 is 0 Å². The fourth-order valence-corrected chi connectivity index (χ4v) is 15.7. The number of fused-ring (bicyclic) bond motifs is 7. The lowest BCUT2D eigenvalue weighted by atomic mass is 9.33. The highest BCUT2D eigenvalue weighted by Crippen LogP contribution is 2.55. The summed E-state index contributed by atoms with van der Waals surface area (Å²) >= 11 is 0. The summed E-state index contributed by atoms with van der Waals surface area (Å²) in [7, 11) is 0. The SMILES string of the molecule is CC(C)(C)c1ccc(-c2cc3c4c(c2)N(c2c(-c5ccccc5)cc(-c5ccccc5)cc2-c2ccccc2)c2ccc(-n5c6ccccc6c6ccccc65)cc2B4c2cc(-c4ccccc4)ccc2N3c2c(-c3ccccc3)cc(-c3ccccc3)cc2-c2ccccc2)cc1. The fourth-order valence-electron chi connectivity index (χ4n) is 15.7. The predicted octanol–water partition coefficient (Wildman–Crippen LogP) is 23.5. The van der Waals surface area contributed by atoms with Gasteiger partial charge in [0.15, 0.2) is 0 Å². The third-order valence-electron chi connectivity index (χ3n) is 20.3. The molecule has 0 spiro atoms. The van der Waals surface area contributed by atoms with Crippen molar-refractivity contribution < 1.29 is 0 Å². The van der Waals surface area contributed by atoms with E-state index in [0.29, 0.717) is 0 Å². The molecule has 3 heterocycles. The number of para-hydroxylation sites is 2. The lowest BCUT2D eigenvalue weighted by Crippen LogP contribution is -2.61. The molecule has 0 amide bonds. The molecule has 3 nitrogen and oxygen atoms in total. The van der Waals surface area contributed by atoms with Crippen molar-refractivity contribution in [2.24, 2.45) is 0 Å². The highest BCUT2D eigenvalue weighted by molar-refractivity contribution is 7.00. The van der Waals surface area contributed by atoms with Crippen LogP contribution in [0.2, 0.25) is 0 Å². The van der Waals surface area contributed by atoms with Gasteiger partial charge in [-0.1, -0.05) is 306 Å². The van der Waals surface area contributed by atoms with Crippen LogP contribution in [0.5, 0.6) is 0 Å². The van der Waals surface area contributed by atoms with Crippen LogP contribution in [0.15, 0.2) is 358 Å². The zero-order valence-corrected chi connectivity index (χ0v) is 55.0. The third-order valence-corrected chi connectivity index (χ3v) is 20.3. The second kappa shape index (κ2) is 23.9. The van der Waals surface area contributed by atoms with Gasteiger partial charge in [-0.05, 0) is 167 Å². The summed E-state index contributed by atoms with van der Waals surface area (Å²) in [6, 6.07) is 134. The van der Waals surface area contributed by atoms with Crippen LogP contribution < -0.4 is 26.2 Å². The Hall–Kier alpha value is -12.2. The van der Waals surface area contributed by atoms with Gasteiger partial charge in [-0.25, -0.2) is 0 Å². The predicted molar refractivity (Wildman–Crippen MR) is 417 cm³/mol. The van der Waals surface area contributed by atoms with Gasteiger partial charge in [0, 0.05) is 61.5 Å². The Bertz CT molecular complexity index is 5500. The molecule has 0 saturated carbocycles. The number of nitrogens with zero attached hydrogens (tertiary/aromatic N) is 3. The van der Waals surface area contributed by atoms with E-state index < -0.39 is 0 Å². The summed E-state index contributed by atoms with van der Waals surface area (Å²) in [6.07, 6.45) is 0. The summed E-state index contributed by atoms with van der Waals surface area (Å²) < 4.78 is 2.50. The first-order valence-electron chi connectivity index (χ1n) is 34.2. The Morgan fingerprint density at radius 1 is 0.245 bits per heavy atom. The maximum atomic E-state index is 2.69. The molecular formula is C94H68BN3. The average molecular weight is 1250 g/mol. The Morgan fingerprint density at radius 2 is 0.561 bits per heavy atom. The van der Waals surface area contributed by atoms with Gasteiger partial charge in [-0.15, -0.1) is 0 Å². The standard InChI is InChI=1S/C94H68BN3/c1-94(2,3)75-50-47-66(48-51-75)74-60-89-91-90(61-74)98(93-81(69-39-21-9-22-40-69)57-73(65-33-15-6-16-34-65)58-82(93)70-41-23-10-24-42-70)88-54-52-76(96-85-45-27-25-43-77(85)78-44-26-28-46-86(78)96)62-84(88)95(91)83-59-71(63-29-11-4-12-30-63)49-53-87(83)97(89)92-79(67-35-17-7-18-36-67)55-72(64-31-13-5-14-32-64)56-80(92)68-37-19-8-20-38-68/h4-62H,1-3H3. The van der Waals surface area contributed by atoms with Gasteiger partial charge in [-0.2, -0.15) is 0 Å². The lowest BCUT2D eigenvalue weighted by Gasteiger charge is -2.46. The highest BCUT2D eigenvalue weighted by atomic mass is 15.2. The quantitative estimate of drug-likeness (QED) is 0.120. The normalized spacial score (nSPS) is 12.4. The molecule has 0 fully saturated rings. The van der Waals surface area contributed by atoms with Gasteiger partial charge in [-0.3, -0.25) is 0 Å². The van der Waals surface area contributed by atoms with Crippen LogP contribution in [-0.4, -0.2) is 11.3 Å². The first-order chi connectivity index (χ1) is 48.3. The minimum Gasteiger partial charge on any atom is -0.310 e. The monoisotopic (exact) mass is 1250 g/mol. The molecule has 2 aliphatic heterocycles. The van der Waals surface area contributed by atoms with E-state index in [1.165, 1.54) is 49.3 Å². The maximum absolute atomic E-state index is 2.69. The zero-order valence-electron chi connectivity index (χ0n) is 55.0. The van der Waals surface area contributed by atoms with Crippen LogP contribution in [0.25, 0.3) is 117 Å². The summed E-state index contributed by atoms with van der Waals surface area (Å²) in [6.45, 7) is 6.64. The minimum atomic E-state index is -0.278. The number of anilines is 6. The van der Waals surface area contributed by atoms with E-state index in [1.54, 1.807) is 0 Å². The minimum absolute atomic E-state index is 0.0491. The number of benzene rings is 15. The van der Waals surface area contributed by atoms with Crippen molar-refractivity contribution in [1.29, 1.82) is 0 Å². The molecule has 0 saturated heterocycles. The van der Waals surface area contributed by atoms with Crippen molar-refractivity contribution in [3.05, 3.63) is 363 Å². The average Bonchev–Trinajstić information content (AvgIpc) is 0.879. The molecule has 15 aromatic carbocycles. The zero-order chi connectivity index (χ0) is 65.4. The molecule has 0 unspecified atom stereocenters.